The number of hydrogen-bond donors (Lipinski definition) is 1. The number of rotatable bonds is 4. The number of halogens is 1. The lowest BCUT2D eigenvalue weighted by Gasteiger charge is -2.29. The van der Waals surface area contributed by atoms with Crippen LogP contribution in [0.1, 0.15) is 6.42 Å². The van der Waals surface area contributed by atoms with Crippen molar-refractivity contribution < 1.29 is 9.90 Å². The number of thioether (sulfide) groups is 1. The van der Waals surface area contributed by atoms with Gasteiger partial charge in [-0.3, -0.25) is 4.79 Å². The molecule has 1 aromatic carbocycles. The average molecular weight is 272 g/mol. The van der Waals surface area contributed by atoms with E-state index in [0.717, 1.165) is 23.6 Å². The van der Waals surface area contributed by atoms with Crippen molar-refractivity contribution in [1.29, 1.82) is 0 Å². The van der Waals surface area contributed by atoms with E-state index in [9.17, 15) is 4.79 Å². The second-order valence-electron chi connectivity index (χ2n) is 4.02. The third-order valence-corrected chi connectivity index (χ3v) is 4.17. The summed E-state index contributed by atoms with van der Waals surface area (Å²) in [5.74, 6) is 1.28. The van der Waals surface area contributed by atoms with Crippen LogP contribution in [0.2, 0.25) is 5.02 Å². The summed E-state index contributed by atoms with van der Waals surface area (Å²) in [5.41, 5.74) is 0.896. The highest BCUT2D eigenvalue weighted by Crippen LogP contribution is 2.28. The highest BCUT2D eigenvalue weighted by molar-refractivity contribution is 7.99. The minimum absolute atomic E-state index is 0.0333. The van der Waals surface area contributed by atoms with Gasteiger partial charge in [-0.05, 0) is 30.4 Å². The number of carboxylic acid groups (broad SMARTS) is 1. The number of benzene rings is 1. The molecule has 92 valence electrons. The van der Waals surface area contributed by atoms with Gasteiger partial charge in [-0.25, -0.2) is 0 Å². The number of aliphatic carboxylic acids is 1. The summed E-state index contributed by atoms with van der Waals surface area (Å²) in [4.78, 5) is 12.9. The van der Waals surface area contributed by atoms with Crippen LogP contribution in [0.25, 0.3) is 0 Å². The first-order valence-corrected chi connectivity index (χ1v) is 7.02. The fraction of sp³-hybridized carbons (Fsp3) is 0.417. The Morgan fingerprint density at radius 3 is 3.00 bits per heavy atom. The van der Waals surface area contributed by atoms with E-state index in [0.29, 0.717) is 11.1 Å². The molecule has 2 rings (SSSR count). The van der Waals surface area contributed by atoms with Crippen LogP contribution in [0.5, 0.6) is 0 Å². The molecular weight excluding hydrogens is 258 g/mol. The number of hydrogen-bond acceptors (Lipinski definition) is 3. The highest BCUT2D eigenvalue weighted by atomic mass is 35.5. The number of carboxylic acids is 1. The van der Waals surface area contributed by atoms with E-state index in [4.69, 9.17) is 16.7 Å². The number of carbonyl (C=O) groups is 1. The summed E-state index contributed by atoms with van der Waals surface area (Å²) in [7, 11) is 0. The zero-order chi connectivity index (χ0) is 12.3. The van der Waals surface area contributed by atoms with E-state index in [1.807, 2.05) is 34.9 Å². The summed E-state index contributed by atoms with van der Waals surface area (Å²) >= 11 is 7.82. The van der Waals surface area contributed by atoms with Crippen LogP contribution in [-0.4, -0.2) is 35.2 Å². The van der Waals surface area contributed by atoms with Crippen LogP contribution in [0, 0.1) is 0 Å². The highest BCUT2D eigenvalue weighted by Gasteiger charge is 2.25. The molecule has 1 atom stereocenters. The standard InChI is InChI=1S/C12H14ClNO2S/c13-9-2-1-3-10(6-9)14(7-12(15)16)11-4-5-17-8-11/h1-3,6,11H,4-5,7-8H2,(H,15,16). The zero-order valence-electron chi connectivity index (χ0n) is 9.30. The molecule has 0 saturated carbocycles. The maximum absolute atomic E-state index is 10.9. The van der Waals surface area contributed by atoms with E-state index >= 15 is 0 Å². The van der Waals surface area contributed by atoms with Crippen molar-refractivity contribution in [3.63, 3.8) is 0 Å². The smallest absolute Gasteiger partial charge is 0.323 e. The quantitative estimate of drug-likeness (QED) is 0.914. The first-order valence-electron chi connectivity index (χ1n) is 5.48. The summed E-state index contributed by atoms with van der Waals surface area (Å²) < 4.78 is 0. The van der Waals surface area contributed by atoms with E-state index in [-0.39, 0.29) is 6.54 Å². The molecule has 1 heterocycles. The molecule has 17 heavy (non-hydrogen) atoms. The largest absolute Gasteiger partial charge is 0.480 e. The molecule has 0 aliphatic carbocycles. The van der Waals surface area contributed by atoms with Crippen molar-refractivity contribution in [3.05, 3.63) is 29.3 Å². The van der Waals surface area contributed by atoms with Gasteiger partial charge in [-0.15, -0.1) is 0 Å². The molecule has 0 bridgehead atoms. The predicted octanol–water partition coefficient (Wildman–Crippen LogP) is 2.74. The molecule has 0 amide bonds. The van der Waals surface area contributed by atoms with Crippen molar-refractivity contribution in [1.82, 2.24) is 0 Å². The Kier molecular flexibility index (Phi) is 4.18. The molecule has 1 saturated heterocycles. The maximum atomic E-state index is 10.9. The van der Waals surface area contributed by atoms with Crippen LogP contribution in [0.3, 0.4) is 0 Å². The van der Waals surface area contributed by atoms with Gasteiger partial charge >= 0.3 is 5.97 Å². The molecule has 5 heteroatoms. The Bertz CT molecular complexity index is 407. The SMILES string of the molecule is O=C(O)CN(c1cccc(Cl)c1)C1CCSC1. The lowest BCUT2D eigenvalue weighted by molar-refractivity contribution is -0.135. The van der Waals surface area contributed by atoms with Crippen molar-refractivity contribution >= 4 is 35.0 Å². The molecule has 1 fully saturated rings. The summed E-state index contributed by atoms with van der Waals surface area (Å²) in [6.07, 6.45) is 1.03. The van der Waals surface area contributed by atoms with Crippen molar-refractivity contribution in [3.8, 4) is 0 Å². The van der Waals surface area contributed by atoms with Crippen molar-refractivity contribution in [2.75, 3.05) is 23.0 Å². The predicted molar refractivity (Wildman–Crippen MR) is 72.2 cm³/mol. The van der Waals surface area contributed by atoms with E-state index < -0.39 is 5.97 Å². The lowest BCUT2D eigenvalue weighted by Crippen LogP contribution is -2.39. The Hall–Kier alpha value is -0.870. The minimum Gasteiger partial charge on any atom is -0.480 e. The normalized spacial score (nSPS) is 19.2. The van der Waals surface area contributed by atoms with Gasteiger partial charge in [0.25, 0.3) is 0 Å². The Morgan fingerprint density at radius 2 is 2.41 bits per heavy atom. The van der Waals surface area contributed by atoms with Gasteiger partial charge < -0.3 is 10.0 Å². The van der Waals surface area contributed by atoms with Crippen LogP contribution < -0.4 is 4.90 Å². The Balaban J connectivity index is 2.22. The molecule has 1 aliphatic heterocycles. The first-order chi connectivity index (χ1) is 8.16. The summed E-state index contributed by atoms with van der Waals surface area (Å²) in [6, 6.07) is 7.70. The van der Waals surface area contributed by atoms with Crippen molar-refractivity contribution in [2.24, 2.45) is 0 Å². The van der Waals surface area contributed by atoms with Gasteiger partial charge in [0.15, 0.2) is 0 Å². The summed E-state index contributed by atoms with van der Waals surface area (Å²) in [6.45, 7) is 0.0333. The lowest BCUT2D eigenvalue weighted by atomic mass is 10.2. The summed E-state index contributed by atoms with van der Waals surface area (Å²) in [5, 5.41) is 9.64. The van der Waals surface area contributed by atoms with Gasteiger partial charge in [0.1, 0.15) is 6.54 Å². The van der Waals surface area contributed by atoms with Crippen LogP contribution >= 0.6 is 23.4 Å². The Labute approximate surface area is 110 Å². The topological polar surface area (TPSA) is 40.5 Å². The monoisotopic (exact) mass is 271 g/mol. The molecule has 1 N–H and O–H groups in total. The molecule has 1 aromatic rings. The van der Waals surface area contributed by atoms with Gasteiger partial charge in [-0.1, -0.05) is 17.7 Å². The van der Waals surface area contributed by atoms with Crippen LogP contribution in [0.4, 0.5) is 5.69 Å². The first kappa shape index (κ1) is 12.6. The fourth-order valence-electron chi connectivity index (χ4n) is 2.00. The fourth-order valence-corrected chi connectivity index (χ4v) is 3.41. The Morgan fingerprint density at radius 1 is 1.59 bits per heavy atom. The van der Waals surface area contributed by atoms with Crippen molar-refractivity contribution in [2.45, 2.75) is 12.5 Å². The number of nitrogens with zero attached hydrogens (tertiary/aromatic N) is 1. The van der Waals surface area contributed by atoms with Crippen LogP contribution in [0.15, 0.2) is 24.3 Å². The third kappa shape index (κ3) is 3.30. The number of anilines is 1. The third-order valence-electron chi connectivity index (χ3n) is 2.79. The van der Waals surface area contributed by atoms with E-state index in [2.05, 4.69) is 0 Å². The molecule has 0 radical (unpaired) electrons. The van der Waals surface area contributed by atoms with Gasteiger partial charge in [0.05, 0.1) is 0 Å². The van der Waals surface area contributed by atoms with Gasteiger partial charge in [0, 0.05) is 22.5 Å². The molecular formula is C12H14ClNO2S. The second kappa shape index (κ2) is 5.65. The molecule has 3 nitrogen and oxygen atoms in total. The molecule has 1 unspecified atom stereocenters. The zero-order valence-corrected chi connectivity index (χ0v) is 10.9. The molecule has 1 aliphatic rings. The van der Waals surface area contributed by atoms with E-state index in [1.165, 1.54) is 0 Å². The van der Waals surface area contributed by atoms with Crippen LogP contribution in [-0.2, 0) is 4.79 Å². The molecule has 0 spiro atoms. The van der Waals surface area contributed by atoms with Gasteiger partial charge in [0.2, 0.25) is 0 Å². The second-order valence-corrected chi connectivity index (χ2v) is 5.61. The average Bonchev–Trinajstić information content (AvgIpc) is 2.79. The minimum atomic E-state index is -0.804. The van der Waals surface area contributed by atoms with Gasteiger partial charge in [-0.2, -0.15) is 11.8 Å². The molecule has 0 aromatic heterocycles. The maximum Gasteiger partial charge on any atom is 0.323 e. The van der Waals surface area contributed by atoms with E-state index in [1.54, 1.807) is 6.07 Å².